The Kier molecular flexibility index (Phi) is 8.71. The average molecular weight is 700 g/mol. The molecule has 2 aliphatic heterocycles. The van der Waals surface area contributed by atoms with Crippen LogP contribution >= 0.6 is 11.6 Å². The number of aromatic hydroxyl groups is 1. The van der Waals surface area contributed by atoms with Crippen LogP contribution < -0.4 is 5.43 Å². The summed E-state index contributed by atoms with van der Waals surface area (Å²) in [6.45, 7) is 0.174. The molecule has 258 valence electrons. The molecule has 12 heteroatoms. The number of phenolic OH excluding ortho intramolecular Hbond substituents is 1. The molecule has 7 rings (SSSR count). The lowest BCUT2D eigenvalue weighted by molar-refractivity contribution is -0.141. The predicted molar refractivity (Wildman–Crippen MR) is 180 cm³/mol. The number of nitrogens with one attached hydrogen (secondary N) is 1. The summed E-state index contributed by atoms with van der Waals surface area (Å²) in [4.78, 5) is 69.7. The fraction of sp³-hybridized carbons (Fsp3) is 0.342. The molecule has 50 heavy (non-hydrogen) atoms. The second-order valence-electron chi connectivity index (χ2n) is 13.5. The molecule has 3 aromatic rings. The number of benzene rings is 3. The molecule has 3 fully saturated rings. The van der Waals surface area contributed by atoms with Crippen molar-refractivity contribution in [2.45, 2.75) is 49.9 Å². The van der Waals surface area contributed by atoms with Crippen molar-refractivity contribution in [3.63, 3.8) is 0 Å². The minimum Gasteiger partial charge on any atom is -0.508 e. The molecule has 10 nitrogen and oxygen atoms in total. The van der Waals surface area contributed by atoms with E-state index >= 15 is 4.79 Å². The lowest BCUT2D eigenvalue weighted by atomic mass is 9.49. The van der Waals surface area contributed by atoms with Crippen molar-refractivity contribution in [1.29, 1.82) is 0 Å². The van der Waals surface area contributed by atoms with Gasteiger partial charge in [-0.2, -0.15) is 5.01 Å². The van der Waals surface area contributed by atoms with Crippen LogP contribution in [0.15, 0.2) is 84.4 Å². The summed E-state index contributed by atoms with van der Waals surface area (Å²) in [6.07, 6.45) is 3.75. The fourth-order valence-corrected chi connectivity index (χ4v) is 8.87. The summed E-state index contributed by atoms with van der Waals surface area (Å²) in [5.41, 5.74) is 3.54. The van der Waals surface area contributed by atoms with Crippen molar-refractivity contribution < 1.29 is 38.6 Å². The third-order valence-corrected chi connectivity index (χ3v) is 11.1. The van der Waals surface area contributed by atoms with Crippen LogP contribution in [-0.2, 0) is 29.4 Å². The first-order valence-corrected chi connectivity index (χ1v) is 17.1. The zero-order valence-corrected chi connectivity index (χ0v) is 27.7. The van der Waals surface area contributed by atoms with E-state index in [-0.39, 0.29) is 43.4 Å². The molecule has 2 saturated heterocycles. The molecule has 4 amide bonds. The third kappa shape index (κ3) is 5.44. The van der Waals surface area contributed by atoms with Gasteiger partial charge in [0.05, 0.1) is 28.9 Å². The van der Waals surface area contributed by atoms with Crippen molar-refractivity contribution in [2.75, 3.05) is 12.0 Å². The molecule has 3 aromatic carbocycles. The van der Waals surface area contributed by atoms with Gasteiger partial charge in [0.1, 0.15) is 11.6 Å². The fourth-order valence-electron chi connectivity index (χ4n) is 8.74. The SMILES string of the molecule is O=C(O)CCCCCN1C(=O)[C@H]2[C@H](CC=C3[C@H]2C[C@H]2C(=O)N(Nc4ccc(F)cc4)C(=O)[C@@]2(c2ccc(Cl)cc2)[C@H]3c2cccc(O)c2)C1=O. The highest BCUT2D eigenvalue weighted by Gasteiger charge is 2.70. The molecule has 3 N–H and O–H groups in total. The number of carbonyl (C=O) groups is 5. The molecule has 0 radical (unpaired) electrons. The Balaban J connectivity index is 1.33. The quantitative estimate of drug-likeness (QED) is 0.137. The van der Waals surface area contributed by atoms with Gasteiger partial charge in [-0.3, -0.25) is 34.3 Å². The number of aliphatic carboxylic acids is 1. The smallest absolute Gasteiger partial charge is 0.303 e. The van der Waals surface area contributed by atoms with Gasteiger partial charge in [0, 0.05) is 23.9 Å². The van der Waals surface area contributed by atoms with Gasteiger partial charge in [0.15, 0.2) is 0 Å². The second-order valence-corrected chi connectivity index (χ2v) is 13.9. The number of anilines is 1. The predicted octanol–water partition coefficient (Wildman–Crippen LogP) is 5.81. The molecule has 0 unspecified atom stereocenters. The van der Waals surface area contributed by atoms with Crippen molar-refractivity contribution in [3.8, 4) is 5.75 Å². The van der Waals surface area contributed by atoms with E-state index in [2.05, 4.69) is 5.43 Å². The maximum atomic E-state index is 15.1. The van der Waals surface area contributed by atoms with Crippen LogP contribution in [0, 0.1) is 29.5 Å². The molecule has 0 aromatic heterocycles. The number of hydrogen-bond acceptors (Lipinski definition) is 7. The molecule has 0 spiro atoms. The number of likely N-dealkylation sites (tertiary alicyclic amines) is 1. The number of hydrazine groups is 1. The Morgan fingerprint density at radius 3 is 2.36 bits per heavy atom. The van der Waals surface area contributed by atoms with Crippen molar-refractivity contribution in [2.24, 2.45) is 23.7 Å². The van der Waals surface area contributed by atoms with E-state index in [0.717, 1.165) is 10.6 Å². The van der Waals surface area contributed by atoms with Crippen LogP contribution in [-0.4, -0.2) is 56.3 Å². The number of nitrogens with zero attached hydrogens (tertiary/aromatic N) is 2. The summed E-state index contributed by atoms with van der Waals surface area (Å²) < 4.78 is 13.8. The average Bonchev–Trinajstić information content (AvgIpc) is 3.46. The number of hydrogen-bond donors (Lipinski definition) is 3. The Hall–Kier alpha value is -5.03. The Morgan fingerprint density at radius 1 is 0.920 bits per heavy atom. The number of unbranched alkanes of at least 4 members (excludes halogenated alkanes) is 2. The number of imide groups is 2. The van der Waals surface area contributed by atoms with Crippen LogP contribution in [0.25, 0.3) is 0 Å². The van der Waals surface area contributed by atoms with E-state index in [1.165, 1.54) is 35.2 Å². The molecule has 4 aliphatic rings. The van der Waals surface area contributed by atoms with Crippen LogP contribution in [0.1, 0.15) is 55.6 Å². The molecule has 6 atom stereocenters. The highest BCUT2D eigenvalue weighted by molar-refractivity contribution is 6.30. The number of carboxylic acids is 1. The second kappa shape index (κ2) is 13.0. The van der Waals surface area contributed by atoms with Crippen LogP contribution in [0.5, 0.6) is 5.75 Å². The summed E-state index contributed by atoms with van der Waals surface area (Å²) in [7, 11) is 0. The third-order valence-electron chi connectivity index (χ3n) is 10.8. The summed E-state index contributed by atoms with van der Waals surface area (Å²) >= 11 is 6.31. The van der Waals surface area contributed by atoms with Gasteiger partial charge in [-0.1, -0.05) is 53.9 Å². The van der Waals surface area contributed by atoms with E-state index in [1.807, 2.05) is 6.08 Å². The van der Waals surface area contributed by atoms with Gasteiger partial charge >= 0.3 is 5.97 Å². The topological polar surface area (TPSA) is 144 Å². The maximum absolute atomic E-state index is 15.1. The number of carboxylic acid groups (broad SMARTS) is 1. The summed E-state index contributed by atoms with van der Waals surface area (Å²) in [5.74, 6) is -6.90. The van der Waals surface area contributed by atoms with Gasteiger partial charge < -0.3 is 10.2 Å². The first-order valence-electron chi connectivity index (χ1n) is 16.7. The number of fused-ring (bicyclic) bond motifs is 4. The van der Waals surface area contributed by atoms with E-state index in [1.54, 1.807) is 42.5 Å². The van der Waals surface area contributed by atoms with E-state index in [4.69, 9.17) is 16.7 Å². The standard InChI is InChI=1S/C38H35ClFN3O7/c39-23-10-8-22(9-11-23)38-30(35(48)43(37(38)50)41-25-14-12-24(40)13-15-25)20-29-27(33(38)21-5-4-6-26(44)19-21)16-17-28-32(29)36(49)42(34(28)47)18-3-1-2-7-31(45)46/h4-6,8-16,19,28-30,32-33,41,44H,1-3,7,17-18,20H2,(H,45,46)/t28-,29+,30-,32-,33-,38+/m0/s1. The molecule has 0 bridgehead atoms. The van der Waals surface area contributed by atoms with Crippen molar-refractivity contribution in [1.82, 2.24) is 9.91 Å². The number of carbonyl (C=O) groups excluding carboxylic acids is 4. The first kappa shape index (κ1) is 33.5. The van der Waals surface area contributed by atoms with Gasteiger partial charge in [0.25, 0.3) is 11.8 Å². The van der Waals surface area contributed by atoms with Crippen LogP contribution in [0.4, 0.5) is 10.1 Å². The van der Waals surface area contributed by atoms with Crippen LogP contribution in [0.2, 0.25) is 5.02 Å². The normalized spacial score (nSPS) is 27.2. The van der Waals surface area contributed by atoms with Gasteiger partial charge in [-0.15, -0.1) is 0 Å². The molecular weight excluding hydrogens is 665 g/mol. The Bertz CT molecular complexity index is 1920. The van der Waals surface area contributed by atoms with Gasteiger partial charge in [0.2, 0.25) is 11.8 Å². The van der Waals surface area contributed by atoms with Crippen molar-refractivity contribution in [3.05, 3.63) is 106 Å². The highest BCUT2D eigenvalue weighted by atomic mass is 35.5. The molecular formula is C38H35ClFN3O7. The number of rotatable bonds is 10. The lowest BCUT2D eigenvalue weighted by Gasteiger charge is -2.50. The van der Waals surface area contributed by atoms with E-state index < -0.39 is 58.6 Å². The maximum Gasteiger partial charge on any atom is 0.303 e. The zero-order valence-electron chi connectivity index (χ0n) is 26.9. The molecule has 2 heterocycles. The number of halogens is 2. The molecule has 1 saturated carbocycles. The highest BCUT2D eigenvalue weighted by Crippen LogP contribution is 2.64. The van der Waals surface area contributed by atoms with Crippen molar-refractivity contribution >= 4 is 46.9 Å². The Morgan fingerprint density at radius 2 is 1.66 bits per heavy atom. The zero-order chi connectivity index (χ0) is 35.3. The number of allylic oxidation sites excluding steroid dienone is 2. The van der Waals surface area contributed by atoms with Gasteiger partial charge in [-0.05, 0) is 91.3 Å². The molecule has 2 aliphatic carbocycles. The Labute approximate surface area is 292 Å². The summed E-state index contributed by atoms with van der Waals surface area (Å²) in [5, 5.41) is 21.1. The lowest BCUT2D eigenvalue weighted by Crippen LogP contribution is -2.53. The minimum absolute atomic E-state index is 0.00939. The van der Waals surface area contributed by atoms with E-state index in [0.29, 0.717) is 41.1 Å². The van der Waals surface area contributed by atoms with Crippen LogP contribution in [0.3, 0.4) is 0 Å². The number of amides is 4. The monoisotopic (exact) mass is 699 g/mol. The largest absolute Gasteiger partial charge is 0.508 e. The first-order chi connectivity index (χ1) is 24.0. The summed E-state index contributed by atoms with van der Waals surface area (Å²) in [6, 6.07) is 18.5. The van der Waals surface area contributed by atoms with Gasteiger partial charge in [-0.25, -0.2) is 4.39 Å². The minimum atomic E-state index is -1.53. The van der Waals surface area contributed by atoms with E-state index in [9.17, 15) is 28.7 Å². The number of phenols is 1.